The predicted octanol–water partition coefficient (Wildman–Crippen LogP) is 3.41. The van der Waals surface area contributed by atoms with Gasteiger partial charge >= 0.3 is 6.03 Å². The van der Waals surface area contributed by atoms with Crippen LogP contribution in [0.15, 0.2) is 35.7 Å². The number of anilines is 2. The normalized spacial score (nSPS) is 9.79. The van der Waals surface area contributed by atoms with Crippen LogP contribution in [-0.2, 0) is 0 Å². The molecule has 0 unspecified atom stereocenters. The molecule has 1 heterocycles. The predicted molar refractivity (Wildman–Crippen MR) is 76.5 cm³/mol. The van der Waals surface area contributed by atoms with E-state index in [1.54, 1.807) is 25.3 Å². The molecule has 19 heavy (non-hydrogen) atoms. The summed E-state index contributed by atoms with van der Waals surface area (Å²) in [5, 5.41) is 8.13. The van der Waals surface area contributed by atoms with Crippen LogP contribution in [0.5, 0.6) is 11.5 Å². The number of amides is 2. The SMILES string of the molecule is COc1ccc(NC(=O)Nc2cccs2)c(OC)c1. The van der Waals surface area contributed by atoms with Gasteiger partial charge in [0.15, 0.2) is 0 Å². The Bertz CT molecular complexity index is 555. The highest BCUT2D eigenvalue weighted by Crippen LogP contribution is 2.29. The minimum absolute atomic E-state index is 0.314. The van der Waals surface area contributed by atoms with E-state index in [1.807, 2.05) is 17.5 Å². The number of urea groups is 1. The van der Waals surface area contributed by atoms with Crippen LogP contribution in [0.4, 0.5) is 15.5 Å². The lowest BCUT2D eigenvalue weighted by molar-refractivity contribution is 0.262. The lowest BCUT2D eigenvalue weighted by Crippen LogP contribution is -2.19. The zero-order chi connectivity index (χ0) is 13.7. The van der Waals surface area contributed by atoms with Crippen LogP contribution in [0.1, 0.15) is 0 Å². The van der Waals surface area contributed by atoms with Crippen molar-refractivity contribution in [3.63, 3.8) is 0 Å². The van der Waals surface area contributed by atoms with Gasteiger partial charge in [0.25, 0.3) is 0 Å². The quantitative estimate of drug-likeness (QED) is 0.901. The first-order valence-electron chi connectivity index (χ1n) is 5.56. The number of carbonyl (C=O) groups is 1. The largest absolute Gasteiger partial charge is 0.497 e. The smallest absolute Gasteiger partial charge is 0.324 e. The molecular weight excluding hydrogens is 264 g/mol. The molecule has 1 aromatic carbocycles. The zero-order valence-electron chi connectivity index (χ0n) is 10.6. The molecule has 0 saturated heterocycles. The third kappa shape index (κ3) is 3.38. The van der Waals surface area contributed by atoms with Crippen molar-refractivity contribution >= 4 is 28.1 Å². The summed E-state index contributed by atoms with van der Waals surface area (Å²) in [5.74, 6) is 1.21. The average Bonchev–Trinajstić information content (AvgIpc) is 2.91. The monoisotopic (exact) mass is 278 g/mol. The fraction of sp³-hybridized carbons (Fsp3) is 0.154. The van der Waals surface area contributed by atoms with Gasteiger partial charge in [0.1, 0.15) is 11.5 Å². The van der Waals surface area contributed by atoms with Crippen LogP contribution in [0.3, 0.4) is 0 Å². The van der Waals surface area contributed by atoms with Gasteiger partial charge in [-0.3, -0.25) is 5.32 Å². The highest BCUT2D eigenvalue weighted by Gasteiger charge is 2.09. The van der Waals surface area contributed by atoms with Crippen LogP contribution in [0, 0.1) is 0 Å². The zero-order valence-corrected chi connectivity index (χ0v) is 11.4. The van der Waals surface area contributed by atoms with Crippen molar-refractivity contribution in [3.05, 3.63) is 35.7 Å². The molecule has 6 heteroatoms. The Kier molecular flexibility index (Phi) is 4.25. The van der Waals surface area contributed by atoms with Crippen molar-refractivity contribution in [1.29, 1.82) is 0 Å². The van der Waals surface area contributed by atoms with E-state index >= 15 is 0 Å². The summed E-state index contributed by atoms with van der Waals surface area (Å²) in [5.41, 5.74) is 0.581. The van der Waals surface area contributed by atoms with Gasteiger partial charge in [0.2, 0.25) is 0 Å². The van der Waals surface area contributed by atoms with Crippen LogP contribution in [-0.4, -0.2) is 20.3 Å². The number of ether oxygens (including phenoxy) is 2. The molecule has 0 bridgehead atoms. The lowest BCUT2D eigenvalue weighted by atomic mass is 10.2. The molecule has 0 aliphatic rings. The van der Waals surface area contributed by atoms with E-state index in [4.69, 9.17) is 9.47 Å². The Morgan fingerprint density at radius 3 is 2.63 bits per heavy atom. The highest BCUT2D eigenvalue weighted by molar-refractivity contribution is 7.14. The average molecular weight is 278 g/mol. The number of hydrogen-bond acceptors (Lipinski definition) is 4. The van der Waals surface area contributed by atoms with E-state index in [2.05, 4.69) is 10.6 Å². The molecule has 2 aromatic rings. The third-order valence-corrected chi connectivity index (χ3v) is 3.20. The summed E-state index contributed by atoms with van der Waals surface area (Å²) in [4.78, 5) is 11.8. The van der Waals surface area contributed by atoms with E-state index in [0.29, 0.717) is 17.2 Å². The molecule has 0 fully saturated rings. The molecule has 100 valence electrons. The fourth-order valence-electron chi connectivity index (χ4n) is 1.52. The Labute approximate surface area is 115 Å². The van der Waals surface area contributed by atoms with Crippen molar-refractivity contribution in [2.75, 3.05) is 24.9 Å². The first kappa shape index (κ1) is 13.2. The third-order valence-electron chi connectivity index (χ3n) is 2.41. The van der Waals surface area contributed by atoms with Gasteiger partial charge in [-0.2, -0.15) is 0 Å². The summed E-state index contributed by atoms with van der Waals surface area (Å²) in [6, 6.07) is 8.57. The molecule has 5 nitrogen and oxygen atoms in total. The van der Waals surface area contributed by atoms with E-state index in [9.17, 15) is 4.79 Å². The molecule has 0 radical (unpaired) electrons. The molecule has 0 spiro atoms. The van der Waals surface area contributed by atoms with Crippen molar-refractivity contribution in [3.8, 4) is 11.5 Å². The number of thiophene rings is 1. The van der Waals surface area contributed by atoms with Crippen molar-refractivity contribution in [2.45, 2.75) is 0 Å². The van der Waals surface area contributed by atoms with Gasteiger partial charge in [-0.1, -0.05) is 0 Å². The summed E-state index contributed by atoms with van der Waals surface area (Å²) >= 11 is 1.45. The van der Waals surface area contributed by atoms with E-state index in [1.165, 1.54) is 18.4 Å². The maximum atomic E-state index is 11.8. The van der Waals surface area contributed by atoms with Crippen LogP contribution in [0.2, 0.25) is 0 Å². The maximum absolute atomic E-state index is 11.8. The summed E-state index contributed by atoms with van der Waals surface area (Å²) in [6.07, 6.45) is 0. The van der Waals surface area contributed by atoms with Gasteiger partial charge in [-0.25, -0.2) is 4.79 Å². The standard InChI is InChI=1S/C13H14N2O3S/c1-17-9-5-6-10(11(8-9)18-2)14-13(16)15-12-4-3-7-19-12/h3-8H,1-2H3,(H2,14,15,16). The molecule has 0 atom stereocenters. The van der Waals surface area contributed by atoms with Gasteiger partial charge in [-0.15, -0.1) is 11.3 Å². The lowest BCUT2D eigenvalue weighted by Gasteiger charge is -2.11. The van der Waals surface area contributed by atoms with Crippen molar-refractivity contribution in [2.24, 2.45) is 0 Å². The Morgan fingerprint density at radius 1 is 1.16 bits per heavy atom. The van der Waals surface area contributed by atoms with Gasteiger partial charge in [0.05, 0.1) is 24.9 Å². The number of hydrogen-bond donors (Lipinski definition) is 2. The maximum Gasteiger partial charge on any atom is 0.324 e. The first-order valence-corrected chi connectivity index (χ1v) is 6.44. The Hall–Kier alpha value is -2.21. The van der Waals surface area contributed by atoms with E-state index < -0.39 is 0 Å². The highest BCUT2D eigenvalue weighted by atomic mass is 32.1. The van der Waals surface area contributed by atoms with Gasteiger partial charge in [0, 0.05) is 6.07 Å². The minimum Gasteiger partial charge on any atom is -0.497 e. The topological polar surface area (TPSA) is 59.6 Å². The van der Waals surface area contributed by atoms with E-state index in [-0.39, 0.29) is 6.03 Å². The second-order valence-electron chi connectivity index (χ2n) is 3.62. The Balaban J connectivity index is 2.07. The second-order valence-corrected chi connectivity index (χ2v) is 4.57. The molecule has 2 rings (SSSR count). The fourth-order valence-corrected chi connectivity index (χ4v) is 2.13. The molecule has 2 N–H and O–H groups in total. The number of benzene rings is 1. The number of rotatable bonds is 4. The molecule has 0 aliphatic carbocycles. The minimum atomic E-state index is -0.314. The molecule has 1 aromatic heterocycles. The molecule has 2 amide bonds. The van der Waals surface area contributed by atoms with Crippen LogP contribution in [0.25, 0.3) is 0 Å². The molecule has 0 aliphatic heterocycles. The summed E-state index contributed by atoms with van der Waals surface area (Å²) in [6.45, 7) is 0. The number of carbonyl (C=O) groups excluding carboxylic acids is 1. The number of nitrogens with one attached hydrogen (secondary N) is 2. The first-order chi connectivity index (χ1) is 9.22. The van der Waals surface area contributed by atoms with E-state index in [0.717, 1.165) is 5.00 Å². The Morgan fingerprint density at radius 2 is 2.00 bits per heavy atom. The molecule has 0 saturated carbocycles. The number of methoxy groups -OCH3 is 2. The summed E-state index contributed by atoms with van der Waals surface area (Å²) < 4.78 is 10.3. The van der Waals surface area contributed by atoms with Gasteiger partial charge in [-0.05, 0) is 29.6 Å². The second kappa shape index (κ2) is 6.10. The molecular formula is C13H14N2O3S. The van der Waals surface area contributed by atoms with Crippen molar-refractivity contribution < 1.29 is 14.3 Å². The van der Waals surface area contributed by atoms with Crippen LogP contribution < -0.4 is 20.1 Å². The van der Waals surface area contributed by atoms with Crippen LogP contribution >= 0.6 is 11.3 Å². The van der Waals surface area contributed by atoms with Gasteiger partial charge < -0.3 is 14.8 Å². The van der Waals surface area contributed by atoms with Crippen molar-refractivity contribution in [1.82, 2.24) is 0 Å². The summed E-state index contributed by atoms with van der Waals surface area (Å²) in [7, 11) is 3.11.